The van der Waals surface area contributed by atoms with Crippen LogP contribution in [0.15, 0.2) is 54.6 Å². The fraction of sp³-hybridized carbons (Fsp3) is 0.400. The van der Waals surface area contributed by atoms with Crippen LogP contribution in [0.2, 0.25) is 0 Å². The van der Waals surface area contributed by atoms with E-state index in [1.807, 2.05) is 37.3 Å². The second-order valence-corrected chi connectivity index (χ2v) is 8.04. The van der Waals surface area contributed by atoms with Gasteiger partial charge in [0, 0.05) is 30.0 Å². The van der Waals surface area contributed by atoms with Gasteiger partial charge in [-0.2, -0.15) is 0 Å². The third-order valence-electron chi connectivity index (χ3n) is 5.53. The highest BCUT2D eigenvalue weighted by molar-refractivity contribution is 5.99. The lowest BCUT2D eigenvalue weighted by Gasteiger charge is -2.21. The quantitative estimate of drug-likeness (QED) is 0.533. The third kappa shape index (κ3) is 6.83. The van der Waals surface area contributed by atoms with E-state index in [1.165, 1.54) is 12.8 Å². The van der Waals surface area contributed by atoms with Crippen LogP contribution >= 0.6 is 0 Å². The first kappa shape index (κ1) is 23.3. The fourth-order valence-corrected chi connectivity index (χ4v) is 3.76. The van der Waals surface area contributed by atoms with E-state index in [-0.39, 0.29) is 18.4 Å². The highest BCUT2D eigenvalue weighted by Crippen LogP contribution is 2.23. The summed E-state index contributed by atoms with van der Waals surface area (Å²) in [5, 5.41) is 8.31. The van der Waals surface area contributed by atoms with E-state index < -0.39 is 11.9 Å². The first-order valence-corrected chi connectivity index (χ1v) is 11.4. The number of rotatable bonds is 10. The zero-order valence-corrected chi connectivity index (χ0v) is 18.6. The SMILES string of the molecule is CCCCC(NC(=O)CNC(=O)c1ccccc1)C(=O)Nc1cccc(N2CCCC2)c1. The van der Waals surface area contributed by atoms with Gasteiger partial charge in [0.15, 0.2) is 0 Å². The maximum atomic E-state index is 12.9. The van der Waals surface area contributed by atoms with E-state index in [1.54, 1.807) is 24.3 Å². The molecule has 32 heavy (non-hydrogen) atoms. The molecule has 7 heteroatoms. The van der Waals surface area contributed by atoms with E-state index in [2.05, 4.69) is 20.9 Å². The van der Waals surface area contributed by atoms with Crippen LogP contribution in [0.5, 0.6) is 0 Å². The summed E-state index contributed by atoms with van der Waals surface area (Å²) in [5.74, 6) is -0.967. The maximum absolute atomic E-state index is 12.9. The Morgan fingerprint density at radius 2 is 1.75 bits per heavy atom. The molecule has 0 bridgehead atoms. The van der Waals surface area contributed by atoms with Crippen molar-refractivity contribution in [1.82, 2.24) is 10.6 Å². The highest BCUT2D eigenvalue weighted by Gasteiger charge is 2.21. The minimum Gasteiger partial charge on any atom is -0.371 e. The Kier molecular flexibility index (Phi) is 8.66. The van der Waals surface area contributed by atoms with E-state index in [9.17, 15) is 14.4 Å². The van der Waals surface area contributed by atoms with Crippen molar-refractivity contribution in [1.29, 1.82) is 0 Å². The number of nitrogens with one attached hydrogen (secondary N) is 3. The number of hydrogen-bond donors (Lipinski definition) is 3. The summed E-state index contributed by atoms with van der Waals surface area (Å²) in [6, 6.07) is 15.9. The third-order valence-corrected chi connectivity index (χ3v) is 5.53. The van der Waals surface area contributed by atoms with E-state index >= 15 is 0 Å². The molecule has 3 rings (SSSR count). The Morgan fingerprint density at radius 3 is 2.47 bits per heavy atom. The van der Waals surface area contributed by atoms with Crippen LogP contribution in [-0.2, 0) is 9.59 Å². The summed E-state index contributed by atoms with van der Waals surface area (Å²) in [7, 11) is 0. The van der Waals surface area contributed by atoms with Crippen LogP contribution in [-0.4, -0.2) is 43.4 Å². The molecule has 2 aromatic rings. The van der Waals surface area contributed by atoms with Crippen molar-refractivity contribution in [3.8, 4) is 0 Å². The molecule has 3 amide bonds. The Bertz CT molecular complexity index is 910. The molecule has 0 saturated carbocycles. The molecule has 3 N–H and O–H groups in total. The maximum Gasteiger partial charge on any atom is 0.251 e. The van der Waals surface area contributed by atoms with Gasteiger partial charge in [0.25, 0.3) is 5.91 Å². The number of amides is 3. The van der Waals surface area contributed by atoms with Gasteiger partial charge in [-0.25, -0.2) is 0 Å². The molecule has 1 fully saturated rings. The summed E-state index contributed by atoms with van der Waals surface area (Å²) in [4.78, 5) is 39.8. The fourth-order valence-electron chi connectivity index (χ4n) is 3.76. The molecule has 1 aliphatic heterocycles. The van der Waals surface area contributed by atoms with Crippen molar-refractivity contribution in [2.24, 2.45) is 0 Å². The van der Waals surface area contributed by atoms with Gasteiger partial charge in [0.05, 0.1) is 6.54 Å². The molecule has 1 aliphatic rings. The molecule has 0 aliphatic carbocycles. The van der Waals surface area contributed by atoms with Crippen LogP contribution in [0.3, 0.4) is 0 Å². The summed E-state index contributed by atoms with van der Waals surface area (Å²) in [5.41, 5.74) is 2.30. The Hall–Kier alpha value is -3.35. The van der Waals surface area contributed by atoms with Crippen molar-refractivity contribution >= 4 is 29.1 Å². The van der Waals surface area contributed by atoms with Gasteiger partial charge < -0.3 is 20.9 Å². The Labute approximate surface area is 189 Å². The normalized spacial score (nSPS) is 14.0. The van der Waals surface area contributed by atoms with Crippen molar-refractivity contribution in [2.45, 2.75) is 45.1 Å². The number of anilines is 2. The summed E-state index contributed by atoms with van der Waals surface area (Å²) in [6.45, 7) is 3.91. The molecule has 0 radical (unpaired) electrons. The molecule has 7 nitrogen and oxygen atoms in total. The van der Waals surface area contributed by atoms with Crippen LogP contribution in [0, 0.1) is 0 Å². The smallest absolute Gasteiger partial charge is 0.251 e. The van der Waals surface area contributed by atoms with Crippen molar-refractivity contribution in [2.75, 3.05) is 29.9 Å². The molecule has 0 aromatic heterocycles. The second-order valence-electron chi connectivity index (χ2n) is 8.04. The number of carbonyl (C=O) groups is 3. The van der Waals surface area contributed by atoms with E-state index in [0.29, 0.717) is 17.7 Å². The average molecular weight is 437 g/mol. The first-order valence-electron chi connectivity index (χ1n) is 11.4. The Morgan fingerprint density at radius 1 is 1.00 bits per heavy atom. The summed E-state index contributed by atoms with van der Waals surface area (Å²) < 4.78 is 0. The first-order chi connectivity index (χ1) is 15.6. The predicted octanol–water partition coefficient (Wildman–Crippen LogP) is 3.33. The highest BCUT2D eigenvalue weighted by atomic mass is 16.2. The summed E-state index contributed by atoms with van der Waals surface area (Å²) >= 11 is 0. The topological polar surface area (TPSA) is 90.5 Å². The molecular weight excluding hydrogens is 404 g/mol. The van der Waals surface area contributed by atoms with Crippen LogP contribution < -0.4 is 20.9 Å². The van der Waals surface area contributed by atoms with E-state index in [0.717, 1.165) is 31.6 Å². The Balaban J connectivity index is 1.56. The molecule has 0 spiro atoms. The van der Waals surface area contributed by atoms with E-state index in [4.69, 9.17) is 0 Å². The largest absolute Gasteiger partial charge is 0.371 e. The van der Waals surface area contributed by atoms with Crippen molar-refractivity contribution < 1.29 is 14.4 Å². The molecular formula is C25H32N4O3. The number of hydrogen-bond acceptors (Lipinski definition) is 4. The summed E-state index contributed by atoms with van der Waals surface area (Å²) in [6.07, 6.45) is 4.62. The molecule has 170 valence electrons. The number of carbonyl (C=O) groups excluding carboxylic acids is 3. The monoisotopic (exact) mass is 436 g/mol. The molecule has 1 saturated heterocycles. The van der Waals surface area contributed by atoms with Gasteiger partial charge in [-0.15, -0.1) is 0 Å². The van der Waals surface area contributed by atoms with Gasteiger partial charge >= 0.3 is 0 Å². The second kappa shape index (κ2) is 11.9. The van der Waals surface area contributed by atoms with Gasteiger partial charge in [-0.1, -0.05) is 44.0 Å². The minimum absolute atomic E-state index is 0.186. The zero-order valence-electron chi connectivity index (χ0n) is 18.6. The standard InChI is InChI=1S/C25H32N4O3/c1-2-3-14-22(28-23(30)18-26-24(31)19-10-5-4-6-11-19)25(32)27-20-12-9-13-21(17-20)29-15-7-8-16-29/h4-6,9-13,17,22H,2-3,7-8,14-16,18H2,1H3,(H,26,31)(H,27,32)(H,28,30). The van der Waals surface area contributed by atoms with Crippen LogP contribution in [0.1, 0.15) is 49.4 Å². The van der Waals surface area contributed by atoms with Crippen molar-refractivity contribution in [3.63, 3.8) is 0 Å². The lowest BCUT2D eigenvalue weighted by molar-refractivity contribution is -0.126. The number of unbranched alkanes of at least 4 members (excludes halogenated alkanes) is 1. The van der Waals surface area contributed by atoms with Gasteiger partial charge in [-0.3, -0.25) is 14.4 Å². The van der Waals surface area contributed by atoms with Crippen molar-refractivity contribution in [3.05, 3.63) is 60.2 Å². The van der Waals surface area contributed by atoms with Crippen LogP contribution in [0.4, 0.5) is 11.4 Å². The number of benzene rings is 2. The lowest BCUT2D eigenvalue weighted by atomic mass is 10.1. The molecule has 1 atom stereocenters. The predicted molar refractivity (Wildman–Crippen MR) is 127 cm³/mol. The molecule has 1 unspecified atom stereocenters. The minimum atomic E-state index is -0.661. The zero-order chi connectivity index (χ0) is 22.8. The molecule has 2 aromatic carbocycles. The van der Waals surface area contributed by atoms with Gasteiger partial charge in [-0.05, 0) is 49.6 Å². The van der Waals surface area contributed by atoms with Crippen LogP contribution in [0.25, 0.3) is 0 Å². The number of nitrogens with zero attached hydrogens (tertiary/aromatic N) is 1. The lowest BCUT2D eigenvalue weighted by Crippen LogP contribution is -2.47. The molecule has 1 heterocycles. The average Bonchev–Trinajstić information content (AvgIpc) is 3.36. The van der Waals surface area contributed by atoms with Gasteiger partial charge in [0.2, 0.25) is 11.8 Å². The van der Waals surface area contributed by atoms with Gasteiger partial charge in [0.1, 0.15) is 6.04 Å².